The topological polar surface area (TPSA) is 53.7 Å². The van der Waals surface area contributed by atoms with E-state index in [0.717, 1.165) is 24.2 Å². The maximum atomic E-state index is 13.4. The first kappa shape index (κ1) is 16.0. The molecule has 122 valence electrons. The molecule has 0 bridgehead atoms. The molecule has 6 heteroatoms. The Balaban J connectivity index is 1.79. The zero-order valence-electron chi connectivity index (χ0n) is 13.5. The van der Waals surface area contributed by atoms with Crippen LogP contribution in [0, 0.1) is 5.82 Å². The molecule has 1 aromatic carbocycles. The predicted molar refractivity (Wildman–Crippen MR) is 92.4 cm³/mol. The Morgan fingerprint density at radius 1 is 1.29 bits per heavy atom. The fourth-order valence-electron chi connectivity index (χ4n) is 2.65. The van der Waals surface area contributed by atoms with Crippen molar-refractivity contribution in [1.29, 1.82) is 0 Å². The largest absolute Gasteiger partial charge is 0.369 e. The monoisotopic (exact) mass is 323 g/mol. The Labute approximate surface area is 140 Å². The van der Waals surface area contributed by atoms with Gasteiger partial charge < -0.3 is 4.90 Å². The maximum Gasteiger partial charge on any atom is 0.197 e. The van der Waals surface area contributed by atoms with Crippen molar-refractivity contribution in [2.75, 3.05) is 6.54 Å². The Morgan fingerprint density at radius 2 is 2.08 bits per heavy atom. The molecule has 2 aromatic rings. The lowest BCUT2D eigenvalue weighted by molar-refractivity contribution is 0.321. The highest BCUT2D eigenvalue weighted by molar-refractivity contribution is 5.98. The van der Waals surface area contributed by atoms with E-state index in [1.165, 1.54) is 11.6 Å². The van der Waals surface area contributed by atoms with Gasteiger partial charge in [-0.3, -0.25) is 0 Å². The molecule has 0 fully saturated rings. The van der Waals surface area contributed by atoms with Crippen LogP contribution in [-0.4, -0.2) is 34.0 Å². The average Bonchev–Trinajstić information content (AvgIpc) is 2.62. The normalized spacial score (nSPS) is 15.2. The van der Waals surface area contributed by atoms with Crippen molar-refractivity contribution in [1.82, 2.24) is 14.9 Å². The number of hydrogen-bond donors (Lipinski definition) is 0. The lowest BCUT2D eigenvalue weighted by Crippen LogP contribution is -2.29. The van der Waals surface area contributed by atoms with E-state index in [4.69, 9.17) is 0 Å². The Bertz CT molecular complexity index is 798. The number of aromatic nitrogens is 2. The number of nitrogens with zero attached hydrogens (tertiary/aromatic N) is 5. The first-order valence-corrected chi connectivity index (χ1v) is 7.68. The second kappa shape index (κ2) is 7.12. The third-order valence-corrected chi connectivity index (χ3v) is 3.97. The molecule has 0 unspecified atom stereocenters. The van der Waals surface area contributed by atoms with E-state index in [9.17, 15) is 4.39 Å². The highest BCUT2D eigenvalue weighted by Crippen LogP contribution is 2.22. The Morgan fingerprint density at radius 3 is 2.83 bits per heavy atom. The summed E-state index contributed by atoms with van der Waals surface area (Å²) in [6.07, 6.45) is 5.88. The molecular formula is C18H18FN5. The van der Waals surface area contributed by atoms with Gasteiger partial charge in [-0.25, -0.2) is 24.3 Å². The molecule has 0 N–H and O–H groups in total. The van der Waals surface area contributed by atoms with Gasteiger partial charge in [-0.05, 0) is 49.4 Å². The van der Waals surface area contributed by atoms with Crippen molar-refractivity contribution in [2.24, 2.45) is 9.98 Å². The highest BCUT2D eigenvalue weighted by Gasteiger charge is 2.16. The SMILES string of the molecule is C=N/C(=N\C=C(/C)N1CCc2ccc(F)cc2C1)c1ncccn1. The van der Waals surface area contributed by atoms with Gasteiger partial charge in [-0.2, -0.15) is 0 Å². The quantitative estimate of drug-likeness (QED) is 0.644. The number of rotatable bonds is 3. The van der Waals surface area contributed by atoms with E-state index in [-0.39, 0.29) is 5.82 Å². The molecule has 0 radical (unpaired) electrons. The summed E-state index contributed by atoms with van der Waals surface area (Å²) < 4.78 is 13.4. The molecule has 3 rings (SSSR count). The minimum atomic E-state index is -0.199. The summed E-state index contributed by atoms with van der Waals surface area (Å²) in [6, 6.07) is 6.72. The van der Waals surface area contributed by atoms with Gasteiger partial charge in [0.2, 0.25) is 0 Å². The molecule has 24 heavy (non-hydrogen) atoms. The fourth-order valence-corrected chi connectivity index (χ4v) is 2.65. The first-order chi connectivity index (χ1) is 11.7. The van der Waals surface area contributed by atoms with Crippen molar-refractivity contribution in [3.63, 3.8) is 0 Å². The van der Waals surface area contributed by atoms with Crippen LogP contribution in [0.2, 0.25) is 0 Å². The third-order valence-electron chi connectivity index (χ3n) is 3.97. The lowest BCUT2D eigenvalue weighted by atomic mass is 9.99. The van der Waals surface area contributed by atoms with E-state index < -0.39 is 0 Å². The van der Waals surface area contributed by atoms with Gasteiger partial charge in [0.15, 0.2) is 11.7 Å². The van der Waals surface area contributed by atoms with Crippen LogP contribution < -0.4 is 0 Å². The minimum Gasteiger partial charge on any atom is -0.369 e. The number of allylic oxidation sites excluding steroid dienone is 1. The van der Waals surface area contributed by atoms with Crippen LogP contribution >= 0.6 is 0 Å². The molecule has 1 aliphatic rings. The molecule has 1 aliphatic heterocycles. The van der Waals surface area contributed by atoms with E-state index in [0.29, 0.717) is 18.2 Å². The van der Waals surface area contributed by atoms with Gasteiger partial charge in [-0.1, -0.05) is 6.07 Å². The van der Waals surface area contributed by atoms with Gasteiger partial charge >= 0.3 is 0 Å². The summed E-state index contributed by atoms with van der Waals surface area (Å²) in [6.45, 7) is 7.04. The number of aliphatic imine (C=N–C) groups is 2. The summed E-state index contributed by atoms with van der Waals surface area (Å²) in [5.74, 6) is 0.607. The second-order valence-electron chi connectivity index (χ2n) is 5.54. The van der Waals surface area contributed by atoms with Crippen LogP contribution in [0.25, 0.3) is 0 Å². The number of halogens is 1. The molecular weight excluding hydrogens is 305 g/mol. The van der Waals surface area contributed by atoms with Crippen LogP contribution in [0.15, 0.2) is 58.5 Å². The number of hydrogen-bond acceptors (Lipinski definition) is 4. The van der Waals surface area contributed by atoms with E-state index >= 15 is 0 Å². The van der Waals surface area contributed by atoms with Gasteiger partial charge in [0.05, 0.1) is 0 Å². The predicted octanol–water partition coefficient (Wildman–Crippen LogP) is 2.98. The van der Waals surface area contributed by atoms with E-state index in [2.05, 4.69) is 31.6 Å². The Kier molecular flexibility index (Phi) is 4.74. The molecule has 0 saturated carbocycles. The second-order valence-corrected chi connectivity index (χ2v) is 5.54. The van der Waals surface area contributed by atoms with Crippen molar-refractivity contribution >= 4 is 12.6 Å². The zero-order chi connectivity index (χ0) is 16.9. The highest BCUT2D eigenvalue weighted by atomic mass is 19.1. The van der Waals surface area contributed by atoms with Gasteiger partial charge in [-0.15, -0.1) is 0 Å². The summed E-state index contributed by atoms with van der Waals surface area (Å²) in [7, 11) is 0. The van der Waals surface area contributed by atoms with Crippen molar-refractivity contribution < 1.29 is 4.39 Å². The number of fused-ring (bicyclic) bond motifs is 1. The molecule has 1 aromatic heterocycles. The van der Waals surface area contributed by atoms with E-state index in [1.54, 1.807) is 30.7 Å². The summed E-state index contributed by atoms with van der Waals surface area (Å²) in [5.41, 5.74) is 3.20. The average molecular weight is 323 g/mol. The van der Waals surface area contributed by atoms with Gasteiger partial charge in [0, 0.05) is 37.4 Å². The van der Waals surface area contributed by atoms with Crippen LogP contribution in [0.1, 0.15) is 23.9 Å². The third kappa shape index (κ3) is 3.53. The Hall–Kier alpha value is -2.89. The van der Waals surface area contributed by atoms with Crippen molar-refractivity contribution in [2.45, 2.75) is 19.9 Å². The first-order valence-electron chi connectivity index (χ1n) is 7.68. The molecule has 5 nitrogen and oxygen atoms in total. The number of benzene rings is 1. The lowest BCUT2D eigenvalue weighted by Gasteiger charge is -2.30. The van der Waals surface area contributed by atoms with Gasteiger partial charge in [0.1, 0.15) is 5.82 Å². The molecule has 0 amide bonds. The van der Waals surface area contributed by atoms with Crippen molar-refractivity contribution in [3.05, 3.63) is 71.3 Å². The van der Waals surface area contributed by atoms with Crippen LogP contribution in [-0.2, 0) is 13.0 Å². The fraction of sp³-hybridized carbons (Fsp3) is 0.222. The molecule has 0 spiro atoms. The molecule has 0 aliphatic carbocycles. The van der Waals surface area contributed by atoms with Crippen LogP contribution in [0.5, 0.6) is 0 Å². The van der Waals surface area contributed by atoms with Gasteiger partial charge in [0.25, 0.3) is 0 Å². The van der Waals surface area contributed by atoms with Crippen LogP contribution in [0.3, 0.4) is 0 Å². The zero-order valence-corrected chi connectivity index (χ0v) is 13.5. The smallest absolute Gasteiger partial charge is 0.197 e. The van der Waals surface area contributed by atoms with E-state index in [1.807, 2.05) is 13.0 Å². The standard InChI is InChI=1S/C18H18FN5/c1-13(11-23-17(20-2)18-21-7-3-8-22-18)24-9-6-14-4-5-16(19)10-15(14)12-24/h3-5,7-8,10-11H,2,6,9,12H2,1H3/b13-11+,23-17-. The van der Waals surface area contributed by atoms with Crippen LogP contribution in [0.4, 0.5) is 4.39 Å². The summed E-state index contributed by atoms with van der Waals surface area (Å²) >= 11 is 0. The molecule has 2 heterocycles. The number of amidine groups is 1. The molecule has 0 atom stereocenters. The minimum absolute atomic E-state index is 0.199. The summed E-state index contributed by atoms with van der Waals surface area (Å²) in [4.78, 5) is 18.6. The molecule has 0 saturated heterocycles. The summed E-state index contributed by atoms with van der Waals surface area (Å²) in [5, 5.41) is 0. The van der Waals surface area contributed by atoms with Crippen molar-refractivity contribution in [3.8, 4) is 0 Å². The maximum absolute atomic E-state index is 13.4.